The number of halogens is 1. The third-order valence-electron chi connectivity index (χ3n) is 3.33. The normalized spacial score (nSPS) is 10.5. The SMILES string of the molecule is CCc1cc([N+](=O)[O-])cc2nc(-c3ccc[n+](C)c3)oc12.[I-]. The first-order chi connectivity index (χ1) is 10.1. The van der Waals surface area contributed by atoms with Gasteiger partial charge in [0.15, 0.2) is 18.0 Å². The van der Waals surface area contributed by atoms with E-state index in [1.54, 1.807) is 6.07 Å². The van der Waals surface area contributed by atoms with Crippen molar-refractivity contribution in [3.63, 3.8) is 0 Å². The summed E-state index contributed by atoms with van der Waals surface area (Å²) in [6.07, 6.45) is 4.45. The molecule has 0 bridgehead atoms. The minimum absolute atomic E-state index is 0. The Morgan fingerprint density at radius 1 is 1.41 bits per heavy atom. The van der Waals surface area contributed by atoms with E-state index in [1.165, 1.54) is 6.07 Å². The Hall–Kier alpha value is -2.03. The molecule has 0 atom stereocenters. The molecular weight excluding hydrogens is 397 g/mol. The Morgan fingerprint density at radius 2 is 2.18 bits per heavy atom. The van der Waals surface area contributed by atoms with Crippen LogP contribution in [0.1, 0.15) is 12.5 Å². The molecule has 6 nitrogen and oxygen atoms in total. The maximum absolute atomic E-state index is 11.0. The van der Waals surface area contributed by atoms with E-state index >= 15 is 0 Å². The van der Waals surface area contributed by atoms with Crippen molar-refractivity contribution in [1.29, 1.82) is 0 Å². The Kier molecular flexibility index (Phi) is 4.74. The molecule has 0 aliphatic carbocycles. The van der Waals surface area contributed by atoms with Gasteiger partial charge < -0.3 is 28.4 Å². The van der Waals surface area contributed by atoms with E-state index in [1.807, 2.05) is 43.1 Å². The van der Waals surface area contributed by atoms with Crippen LogP contribution in [-0.2, 0) is 13.5 Å². The molecule has 0 amide bonds. The molecule has 0 aliphatic heterocycles. The lowest BCUT2D eigenvalue weighted by molar-refractivity contribution is -0.671. The van der Waals surface area contributed by atoms with E-state index in [2.05, 4.69) is 4.98 Å². The molecule has 0 spiro atoms. The number of nitro groups is 1. The molecule has 0 aliphatic rings. The van der Waals surface area contributed by atoms with Gasteiger partial charge in [-0.25, -0.2) is 9.55 Å². The summed E-state index contributed by atoms with van der Waals surface area (Å²) < 4.78 is 7.72. The number of nitro benzene ring substituents is 1. The summed E-state index contributed by atoms with van der Waals surface area (Å²) in [7, 11) is 1.91. The molecule has 0 unspecified atom stereocenters. The highest BCUT2D eigenvalue weighted by Crippen LogP contribution is 2.29. The molecule has 0 saturated heterocycles. The zero-order chi connectivity index (χ0) is 15.0. The number of aryl methyl sites for hydroxylation is 2. The van der Waals surface area contributed by atoms with Crippen LogP contribution in [0.25, 0.3) is 22.6 Å². The number of hydrogen-bond donors (Lipinski definition) is 0. The van der Waals surface area contributed by atoms with Gasteiger partial charge >= 0.3 is 0 Å². The zero-order valence-corrected chi connectivity index (χ0v) is 14.3. The van der Waals surface area contributed by atoms with E-state index in [0.717, 1.165) is 11.1 Å². The lowest BCUT2D eigenvalue weighted by atomic mass is 10.1. The molecule has 2 aromatic heterocycles. The van der Waals surface area contributed by atoms with Crippen LogP contribution in [0, 0.1) is 10.1 Å². The van der Waals surface area contributed by atoms with Crippen LogP contribution in [-0.4, -0.2) is 9.91 Å². The van der Waals surface area contributed by atoms with E-state index in [4.69, 9.17) is 4.42 Å². The lowest BCUT2D eigenvalue weighted by Crippen LogP contribution is -3.00. The highest BCUT2D eigenvalue weighted by Gasteiger charge is 2.17. The molecule has 0 N–H and O–H groups in total. The van der Waals surface area contributed by atoms with Crippen molar-refractivity contribution in [2.24, 2.45) is 7.05 Å². The lowest BCUT2D eigenvalue weighted by Gasteiger charge is -1.97. The summed E-state index contributed by atoms with van der Waals surface area (Å²) in [4.78, 5) is 15.0. The van der Waals surface area contributed by atoms with Gasteiger partial charge in [0.1, 0.15) is 18.1 Å². The predicted molar refractivity (Wildman–Crippen MR) is 76.7 cm³/mol. The first kappa shape index (κ1) is 16.3. The third-order valence-corrected chi connectivity index (χ3v) is 3.33. The van der Waals surface area contributed by atoms with Crippen LogP contribution in [0.2, 0.25) is 0 Å². The number of nitrogens with zero attached hydrogens (tertiary/aromatic N) is 3. The smallest absolute Gasteiger partial charge is 0.272 e. The fourth-order valence-corrected chi connectivity index (χ4v) is 2.29. The van der Waals surface area contributed by atoms with Crippen LogP contribution >= 0.6 is 0 Å². The number of benzene rings is 1. The van der Waals surface area contributed by atoms with Crippen molar-refractivity contribution in [2.45, 2.75) is 13.3 Å². The van der Waals surface area contributed by atoms with E-state index in [-0.39, 0.29) is 29.7 Å². The highest BCUT2D eigenvalue weighted by molar-refractivity contribution is 5.81. The summed E-state index contributed by atoms with van der Waals surface area (Å²) in [5, 5.41) is 11.0. The van der Waals surface area contributed by atoms with Crippen LogP contribution in [0.3, 0.4) is 0 Å². The van der Waals surface area contributed by atoms with Crippen LogP contribution in [0.5, 0.6) is 0 Å². The second-order valence-electron chi connectivity index (χ2n) is 4.84. The van der Waals surface area contributed by atoms with E-state index < -0.39 is 4.92 Å². The Balaban J connectivity index is 0.00000176. The maximum Gasteiger partial charge on any atom is 0.272 e. The fourth-order valence-electron chi connectivity index (χ4n) is 2.29. The summed E-state index contributed by atoms with van der Waals surface area (Å²) in [6, 6.07) is 6.78. The van der Waals surface area contributed by atoms with Crippen LogP contribution in [0.4, 0.5) is 5.69 Å². The van der Waals surface area contributed by atoms with Gasteiger partial charge in [-0.05, 0) is 12.5 Å². The molecule has 7 heteroatoms. The molecule has 0 fully saturated rings. The van der Waals surface area contributed by atoms with Crippen molar-refractivity contribution in [3.8, 4) is 11.5 Å². The van der Waals surface area contributed by atoms with Gasteiger partial charge in [0.2, 0.25) is 5.89 Å². The first-order valence-corrected chi connectivity index (χ1v) is 6.62. The number of non-ortho nitro benzene ring substituents is 1. The van der Waals surface area contributed by atoms with Gasteiger partial charge in [-0.1, -0.05) is 6.92 Å². The van der Waals surface area contributed by atoms with Gasteiger partial charge in [0.05, 0.1) is 4.92 Å². The molecular formula is C15H14IN3O3. The van der Waals surface area contributed by atoms with Gasteiger partial charge in [-0.3, -0.25) is 10.1 Å². The number of fused-ring (bicyclic) bond motifs is 1. The molecule has 0 radical (unpaired) electrons. The molecule has 0 saturated carbocycles. The monoisotopic (exact) mass is 411 g/mol. The second-order valence-corrected chi connectivity index (χ2v) is 4.84. The number of rotatable bonds is 3. The number of oxazole rings is 1. The minimum Gasteiger partial charge on any atom is -1.00 e. The third kappa shape index (κ3) is 2.94. The van der Waals surface area contributed by atoms with Crippen molar-refractivity contribution < 1.29 is 37.9 Å². The molecule has 22 heavy (non-hydrogen) atoms. The van der Waals surface area contributed by atoms with E-state index in [0.29, 0.717) is 23.4 Å². The molecule has 3 aromatic rings. The van der Waals surface area contributed by atoms with Gasteiger partial charge in [0, 0.05) is 23.8 Å². The summed E-state index contributed by atoms with van der Waals surface area (Å²) in [6.45, 7) is 1.93. The maximum atomic E-state index is 11.0. The molecule has 3 rings (SSSR count). The standard InChI is InChI=1S/C15H14N3O3.HI/c1-3-10-7-12(18(19)20)8-13-14(10)21-15(16-13)11-5-4-6-17(2)9-11;/h4-9H,3H2,1-2H3;1H/q+1;/p-1. The van der Waals surface area contributed by atoms with Gasteiger partial charge in [-0.2, -0.15) is 0 Å². The van der Waals surface area contributed by atoms with Crippen molar-refractivity contribution in [1.82, 2.24) is 4.98 Å². The van der Waals surface area contributed by atoms with Crippen LogP contribution in [0.15, 0.2) is 41.1 Å². The molecule has 114 valence electrons. The quantitative estimate of drug-likeness (QED) is 0.259. The highest BCUT2D eigenvalue weighted by atomic mass is 127. The molecule has 1 aromatic carbocycles. The first-order valence-electron chi connectivity index (χ1n) is 6.62. The Labute approximate surface area is 144 Å². The largest absolute Gasteiger partial charge is 1.00 e. The van der Waals surface area contributed by atoms with Crippen LogP contribution < -0.4 is 28.5 Å². The average molecular weight is 411 g/mol. The minimum atomic E-state index is -0.407. The number of hydrogen-bond acceptors (Lipinski definition) is 4. The van der Waals surface area contributed by atoms with Gasteiger partial charge in [-0.15, -0.1) is 0 Å². The summed E-state index contributed by atoms with van der Waals surface area (Å²) >= 11 is 0. The molecule has 2 heterocycles. The fraction of sp³-hybridized carbons (Fsp3) is 0.200. The van der Waals surface area contributed by atoms with Crippen molar-refractivity contribution in [2.75, 3.05) is 0 Å². The van der Waals surface area contributed by atoms with Crippen molar-refractivity contribution >= 4 is 16.8 Å². The van der Waals surface area contributed by atoms with Crippen molar-refractivity contribution in [3.05, 3.63) is 52.3 Å². The Bertz CT molecular complexity index is 845. The summed E-state index contributed by atoms with van der Waals surface area (Å²) in [5.41, 5.74) is 2.80. The summed E-state index contributed by atoms with van der Waals surface area (Å²) in [5.74, 6) is 0.469. The second kappa shape index (κ2) is 6.39. The predicted octanol–water partition coefficient (Wildman–Crippen LogP) is -0.206. The number of aromatic nitrogens is 2. The van der Waals surface area contributed by atoms with E-state index in [9.17, 15) is 10.1 Å². The average Bonchev–Trinajstić information content (AvgIpc) is 2.90. The Morgan fingerprint density at radius 3 is 2.82 bits per heavy atom. The number of pyridine rings is 1. The zero-order valence-electron chi connectivity index (χ0n) is 12.1. The van der Waals surface area contributed by atoms with Gasteiger partial charge in [0.25, 0.3) is 5.69 Å². The topological polar surface area (TPSA) is 73.1 Å².